The highest BCUT2D eigenvalue weighted by Gasteiger charge is 2.28. The van der Waals surface area contributed by atoms with Crippen LogP contribution in [0.5, 0.6) is 0 Å². The zero-order chi connectivity index (χ0) is 15.4. The molecule has 1 unspecified atom stereocenters. The number of benzene rings is 2. The van der Waals surface area contributed by atoms with Crippen LogP contribution in [-0.2, 0) is 11.2 Å². The van der Waals surface area contributed by atoms with Gasteiger partial charge in [0.2, 0.25) is 5.91 Å². The molecular formula is C19H21NOS. The van der Waals surface area contributed by atoms with Crippen molar-refractivity contribution in [3.63, 3.8) is 0 Å². The Morgan fingerprint density at radius 1 is 1.14 bits per heavy atom. The molecule has 0 fully saturated rings. The van der Waals surface area contributed by atoms with Gasteiger partial charge in [-0.2, -0.15) is 0 Å². The molecule has 2 aromatic carbocycles. The van der Waals surface area contributed by atoms with Crippen molar-refractivity contribution in [3.8, 4) is 0 Å². The van der Waals surface area contributed by atoms with Crippen LogP contribution in [0.15, 0.2) is 59.5 Å². The van der Waals surface area contributed by atoms with Gasteiger partial charge in [-0.25, -0.2) is 0 Å². The van der Waals surface area contributed by atoms with Crippen molar-refractivity contribution in [2.75, 3.05) is 11.4 Å². The molecule has 0 spiro atoms. The van der Waals surface area contributed by atoms with Crippen molar-refractivity contribution >= 4 is 23.4 Å². The molecule has 3 rings (SSSR count). The number of carbonyl (C=O) groups is 1. The summed E-state index contributed by atoms with van der Waals surface area (Å²) in [6, 6.07) is 18.5. The maximum atomic E-state index is 13.0. The standard InChI is InChI=1S/C19H21NOS/c1-2-18(22-16-11-4-3-5-12-16)19(21)20-14-8-10-15-9-6-7-13-17(15)20/h3-7,9,11-13,18H,2,8,10,14H2,1H3. The minimum atomic E-state index is -0.0199. The lowest BCUT2D eigenvalue weighted by Crippen LogP contribution is -2.40. The summed E-state index contributed by atoms with van der Waals surface area (Å²) in [6.45, 7) is 2.93. The average molecular weight is 311 g/mol. The molecule has 1 aliphatic heterocycles. The molecule has 1 atom stereocenters. The second-order valence-corrected chi connectivity index (χ2v) is 6.83. The molecule has 0 saturated carbocycles. The highest BCUT2D eigenvalue weighted by molar-refractivity contribution is 8.00. The Balaban J connectivity index is 1.80. The van der Waals surface area contributed by atoms with Gasteiger partial charge < -0.3 is 4.90 Å². The van der Waals surface area contributed by atoms with Gasteiger partial charge in [0.25, 0.3) is 0 Å². The Hall–Kier alpha value is -1.74. The predicted molar refractivity (Wildman–Crippen MR) is 93.5 cm³/mol. The van der Waals surface area contributed by atoms with Crippen LogP contribution >= 0.6 is 11.8 Å². The molecule has 0 saturated heterocycles. The van der Waals surface area contributed by atoms with Gasteiger partial charge >= 0.3 is 0 Å². The van der Waals surface area contributed by atoms with Crippen LogP contribution in [0.25, 0.3) is 0 Å². The largest absolute Gasteiger partial charge is 0.311 e. The number of para-hydroxylation sites is 1. The van der Waals surface area contributed by atoms with Gasteiger partial charge in [-0.15, -0.1) is 11.8 Å². The number of carbonyl (C=O) groups excluding carboxylic acids is 1. The van der Waals surface area contributed by atoms with Crippen molar-refractivity contribution in [2.24, 2.45) is 0 Å². The average Bonchev–Trinajstić information content (AvgIpc) is 2.59. The fourth-order valence-corrected chi connectivity index (χ4v) is 3.95. The first-order valence-corrected chi connectivity index (χ1v) is 8.78. The zero-order valence-electron chi connectivity index (χ0n) is 12.9. The second kappa shape index (κ2) is 7.01. The molecule has 1 aliphatic rings. The fourth-order valence-electron chi connectivity index (χ4n) is 2.91. The van der Waals surface area contributed by atoms with Crippen LogP contribution in [-0.4, -0.2) is 17.7 Å². The van der Waals surface area contributed by atoms with Crippen LogP contribution in [0.1, 0.15) is 25.3 Å². The molecule has 0 bridgehead atoms. The molecule has 2 aromatic rings. The fraction of sp³-hybridized carbons (Fsp3) is 0.316. The Morgan fingerprint density at radius 2 is 1.86 bits per heavy atom. The molecule has 22 heavy (non-hydrogen) atoms. The van der Waals surface area contributed by atoms with Crippen LogP contribution in [0.3, 0.4) is 0 Å². The van der Waals surface area contributed by atoms with Gasteiger partial charge in [0, 0.05) is 17.1 Å². The maximum Gasteiger partial charge on any atom is 0.240 e. The number of rotatable bonds is 4. The first-order valence-electron chi connectivity index (χ1n) is 7.90. The summed E-state index contributed by atoms with van der Waals surface area (Å²) >= 11 is 1.67. The van der Waals surface area contributed by atoms with Crippen molar-refractivity contribution < 1.29 is 4.79 Å². The normalized spacial score (nSPS) is 15.2. The number of hydrogen-bond acceptors (Lipinski definition) is 2. The van der Waals surface area contributed by atoms with Gasteiger partial charge in [0.15, 0.2) is 0 Å². The molecular weight excluding hydrogens is 290 g/mol. The van der Waals surface area contributed by atoms with Gasteiger partial charge in [0.1, 0.15) is 0 Å². The van der Waals surface area contributed by atoms with Gasteiger partial charge in [-0.3, -0.25) is 4.79 Å². The third-order valence-electron chi connectivity index (χ3n) is 4.04. The van der Waals surface area contributed by atoms with E-state index in [1.165, 1.54) is 5.56 Å². The maximum absolute atomic E-state index is 13.0. The van der Waals surface area contributed by atoms with Crippen LogP contribution in [0.2, 0.25) is 0 Å². The zero-order valence-corrected chi connectivity index (χ0v) is 13.7. The Morgan fingerprint density at radius 3 is 2.64 bits per heavy atom. The summed E-state index contributed by atoms with van der Waals surface area (Å²) in [5, 5.41) is -0.0199. The minimum absolute atomic E-state index is 0.0199. The SMILES string of the molecule is CCC(Sc1ccccc1)C(=O)N1CCCc2ccccc21. The van der Waals surface area contributed by atoms with Crippen LogP contribution in [0, 0.1) is 0 Å². The Bertz CT molecular complexity index is 641. The summed E-state index contributed by atoms with van der Waals surface area (Å²) in [4.78, 5) is 16.2. The smallest absolute Gasteiger partial charge is 0.240 e. The Kier molecular flexibility index (Phi) is 4.84. The lowest BCUT2D eigenvalue weighted by atomic mass is 10.0. The Labute approximate surface area is 136 Å². The lowest BCUT2D eigenvalue weighted by Gasteiger charge is -2.32. The van der Waals surface area contributed by atoms with Crippen molar-refractivity contribution in [3.05, 3.63) is 60.2 Å². The molecule has 114 valence electrons. The van der Waals surface area contributed by atoms with Crippen molar-refractivity contribution in [2.45, 2.75) is 36.3 Å². The van der Waals surface area contributed by atoms with Gasteiger partial charge in [-0.05, 0) is 43.0 Å². The highest BCUT2D eigenvalue weighted by Crippen LogP contribution is 2.32. The molecule has 2 nitrogen and oxygen atoms in total. The number of aryl methyl sites for hydroxylation is 1. The van der Waals surface area contributed by atoms with E-state index < -0.39 is 0 Å². The molecule has 0 N–H and O–H groups in total. The molecule has 3 heteroatoms. The van der Waals surface area contributed by atoms with Crippen molar-refractivity contribution in [1.82, 2.24) is 0 Å². The number of nitrogens with zero attached hydrogens (tertiary/aromatic N) is 1. The summed E-state index contributed by atoms with van der Waals surface area (Å²) < 4.78 is 0. The number of fused-ring (bicyclic) bond motifs is 1. The third kappa shape index (κ3) is 3.20. The topological polar surface area (TPSA) is 20.3 Å². The summed E-state index contributed by atoms with van der Waals surface area (Å²) in [6.07, 6.45) is 2.97. The quantitative estimate of drug-likeness (QED) is 0.773. The first kappa shape index (κ1) is 15.2. The van der Waals surface area contributed by atoms with Gasteiger partial charge in [-0.1, -0.05) is 43.3 Å². The van der Waals surface area contributed by atoms with E-state index in [0.717, 1.165) is 36.4 Å². The number of hydrogen-bond donors (Lipinski definition) is 0. The van der Waals surface area contributed by atoms with E-state index in [-0.39, 0.29) is 11.2 Å². The number of anilines is 1. The number of amides is 1. The first-order chi connectivity index (χ1) is 10.8. The van der Waals surface area contributed by atoms with E-state index in [1.54, 1.807) is 11.8 Å². The molecule has 1 heterocycles. The van der Waals surface area contributed by atoms with E-state index >= 15 is 0 Å². The molecule has 0 aromatic heterocycles. The second-order valence-electron chi connectivity index (χ2n) is 5.55. The van der Waals surface area contributed by atoms with E-state index in [2.05, 4.69) is 37.3 Å². The lowest BCUT2D eigenvalue weighted by molar-refractivity contribution is -0.118. The van der Waals surface area contributed by atoms with E-state index in [0.29, 0.717) is 0 Å². The summed E-state index contributed by atoms with van der Waals surface area (Å²) in [5.41, 5.74) is 2.40. The highest BCUT2D eigenvalue weighted by atomic mass is 32.2. The van der Waals surface area contributed by atoms with Gasteiger partial charge in [0.05, 0.1) is 5.25 Å². The predicted octanol–water partition coefficient (Wildman–Crippen LogP) is 4.54. The third-order valence-corrected chi connectivity index (χ3v) is 5.41. The molecule has 0 radical (unpaired) electrons. The van der Waals surface area contributed by atoms with Crippen LogP contribution in [0.4, 0.5) is 5.69 Å². The van der Waals surface area contributed by atoms with E-state index in [9.17, 15) is 4.79 Å². The van der Waals surface area contributed by atoms with Crippen LogP contribution < -0.4 is 4.90 Å². The minimum Gasteiger partial charge on any atom is -0.311 e. The van der Waals surface area contributed by atoms with E-state index in [4.69, 9.17) is 0 Å². The van der Waals surface area contributed by atoms with Crippen molar-refractivity contribution in [1.29, 1.82) is 0 Å². The number of thioether (sulfide) groups is 1. The molecule has 0 aliphatic carbocycles. The summed E-state index contributed by atoms with van der Waals surface area (Å²) in [5.74, 6) is 0.239. The molecule has 1 amide bonds. The summed E-state index contributed by atoms with van der Waals surface area (Å²) in [7, 11) is 0. The van der Waals surface area contributed by atoms with E-state index in [1.807, 2.05) is 29.2 Å². The monoisotopic (exact) mass is 311 g/mol.